The van der Waals surface area contributed by atoms with Crippen LogP contribution in [0.15, 0.2) is 42.5 Å². The van der Waals surface area contributed by atoms with Crippen molar-refractivity contribution < 1.29 is 14.7 Å². The van der Waals surface area contributed by atoms with Gasteiger partial charge in [0.25, 0.3) is 0 Å². The molecule has 2 aliphatic rings. The van der Waals surface area contributed by atoms with Crippen molar-refractivity contribution in [2.24, 2.45) is 11.1 Å². The number of fused-ring (bicyclic) bond motifs is 2. The number of carbonyl (C=O) groups is 2. The molecule has 0 radical (unpaired) electrons. The minimum absolute atomic E-state index is 0. The Morgan fingerprint density at radius 1 is 1.12 bits per heavy atom. The van der Waals surface area contributed by atoms with Crippen LogP contribution in [0.5, 0.6) is 5.75 Å². The fourth-order valence-corrected chi connectivity index (χ4v) is 4.76. The molecule has 7 heteroatoms. The molecule has 33 heavy (non-hydrogen) atoms. The SMILES string of the molecule is CC(C)(C)[C@H](N)C(=O)N1Cc2cc(O)ccc2C[C@H]1C(=O)N[C@@H]1CCCc2ccccc21.Cl. The van der Waals surface area contributed by atoms with Crippen LogP contribution in [0.2, 0.25) is 0 Å². The van der Waals surface area contributed by atoms with Crippen LogP contribution >= 0.6 is 12.4 Å². The number of aryl methyl sites for hydroxylation is 1. The zero-order chi connectivity index (χ0) is 23.0. The molecule has 0 saturated carbocycles. The summed E-state index contributed by atoms with van der Waals surface area (Å²) in [6, 6.07) is 12.0. The van der Waals surface area contributed by atoms with Crippen molar-refractivity contribution in [2.75, 3.05) is 0 Å². The standard InChI is InChI=1S/C26H33N3O3.ClH/c1-26(2,3)23(27)25(32)29-15-18-13-19(30)12-11-17(18)14-22(29)24(31)28-21-10-6-8-16-7-4-5-9-20(16)21;/h4-5,7,9,11-13,21-23,30H,6,8,10,14-15,27H2,1-3H3,(H,28,31);1H/t21-,22+,23-;/m1./s1. The predicted molar refractivity (Wildman–Crippen MR) is 131 cm³/mol. The molecule has 2 aromatic rings. The first kappa shape index (κ1) is 25.1. The summed E-state index contributed by atoms with van der Waals surface area (Å²) in [5.41, 5.74) is 10.1. The number of rotatable bonds is 3. The van der Waals surface area contributed by atoms with Crippen molar-refractivity contribution >= 4 is 24.2 Å². The van der Waals surface area contributed by atoms with E-state index in [0.29, 0.717) is 6.42 Å². The number of amides is 2. The van der Waals surface area contributed by atoms with Crippen LogP contribution in [-0.4, -0.2) is 33.9 Å². The number of nitrogens with two attached hydrogens (primary N) is 1. The summed E-state index contributed by atoms with van der Waals surface area (Å²) in [4.78, 5) is 28.5. The van der Waals surface area contributed by atoms with Crippen molar-refractivity contribution in [1.29, 1.82) is 0 Å². The van der Waals surface area contributed by atoms with Crippen molar-refractivity contribution in [3.63, 3.8) is 0 Å². The maximum absolute atomic E-state index is 13.5. The second-order valence-electron chi connectivity index (χ2n) is 10.1. The van der Waals surface area contributed by atoms with E-state index in [9.17, 15) is 14.7 Å². The average Bonchev–Trinajstić information content (AvgIpc) is 2.76. The lowest BCUT2D eigenvalue weighted by molar-refractivity contribution is -0.145. The normalized spacial score (nSPS) is 20.7. The van der Waals surface area contributed by atoms with Gasteiger partial charge < -0.3 is 21.1 Å². The Balaban J connectivity index is 0.00000306. The van der Waals surface area contributed by atoms with Gasteiger partial charge in [-0.2, -0.15) is 0 Å². The molecular weight excluding hydrogens is 438 g/mol. The van der Waals surface area contributed by atoms with Crippen molar-refractivity contribution in [3.8, 4) is 5.75 Å². The molecule has 1 heterocycles. The summed E-state index contributed by atoms with van der Waals surface area (Å²) in [5, 5.41) is 13.2. The third kappa shape index (κ3) is 5.17. The lowest BCUT2D eigenvalue weighted by Gasteiger charge is -2.40. The molecule has 0 fully saturated rings. The molecule has 0 aromatic heterocycles. The number of hydrogen-bond acceptors (Lipinski definition) is 4. The Morgan fingerprint density at radius 3 is 2.58 bits per heavy atom. The van der Waals surface area contributed by atoms with Gasteiger partial charge in [0.1, 0.15) is 11.8 Å². The van der Waals surface area contributed by atoms with Gasteiger partial charge in [0.15, 0.2) is 0 Å². The number of phenolic OH excluding ortho intramolecular Hbond substituents is 1. The number of nitrogens with zero attached hydrogens (tertiary/aromatic N) is 1. The highest BCUT2D eigenvalue weighted by Gasteiger charge is 2.40. The quantitative estimate of drug-likeness (QED) is 0.636. The fourth-order valence-electron chi connectivity index (χ4n) is 4.76. The van der Waals surface area contributed by atoms with E-state index < -0.39 is 17.5 Å². The number of carbonyl (C=O) groups excluding carboxylic acids is 2. The van der Waals surface area contributed by atoms with Gasteiger partial charge >= 0.3 is 0 Å². The van der Waals surface area contributed by atoms with Crippen molar-refractivity contribution in [2.45, 2.75) is 71.1 Å². The summed E-state index contributed by atoms with van der Waals surface area (Å²) in [6.45, 7) is 6.03. The van der Waals surface area contributed by atoms with Gasteiger partial charge in [0, 0.05) is 13.0 Å². The minimum atomic E-state index is -0.730. The maximum atomic E-state index is 13.5. The summed E-state index contributed by atoms with van der Waals surface area (Å²) < 4.78 is 0. The third-order valence-electron chi connectivity index (χ3n) is 6.79. The van der Waals surface area contributed by atoms with Crippen LogP contribution in [0.4, 0.5) is 0 Å². The molecule has 2 amide bonds. The average molecular weight is 472 g/mol. The van der Waals surface area contributed by atoms with E-state index in [-0.39, 0.29) is 42.6 Å². The van der Waals surface area contributed by atoms with E-state index in [1.807, 2.05) is 39.0 Å². The molecule has 0 saturated heterocycles. The second-order valence-corrected chi connectivity index (χ2v) is 10.1. The molecule has 1 aliphatic carbocycles. The first-order chi connectivity index (χ1) is 15.1. The van der Waals surface area contributed by atoms with E-state index in [1.165, 1.54) is 5.56 Å². The van der Waals surface area contributed by atoms with Gasteiger partial charge in [-0.05, 0) is 59.1 Å². The summed E-state index contributed by atoms with van der Waals surface area (Å²) in [7, 11) is 0. The summed E-state index contributed by atoms with van der Waals surface area (Å²) in [5.74, 6) is -0.242. The number of aromatic hydroxyl groups is 1. The monoisotopic (exact) mass is 471 g/mol. The summed E-state index contributed by atoms with van der Waals surface area (Å²) >= 11 is 0. The molecule has 4 N–H and O–H groups in total. The third-order valence-corrected chi connectivity index (χ3v) is 6.79. The van der Waals surface area contributed by atoms with E-state index in [1.54, 1.807) is 17.0 Å². The minimum Gasteiger partial charge on any atom is -0.508 e. The van der Waals surface area contributed by atoms with Crippen LogP contribution in [0.25, 0.3) is 0 Å². The Bertz CT molecular complexity index is 1030. The molecule has 2 aromatic carbocycles. The number of halogens is 1. The van der Waals surface area contributed by atoms with E-state index in [0.717, 1.165) is 36.0 Å². The Hall–Kier alpha value is -2.57. The van der Waals surface area contributed by atoms with Gasteiger partial charge in [0.05, 0.1) is 12.1 Å². The van der Waals surface area contributed by atoms with Crippen molar-refractivity contribution in [3.05, 3.63) is 64.7 Å². The zero-order valence-corrected chi connectivity index (χ0v) is 20.3. The number of phenols is 1. The first-order valence-electron chi connectivity index (χ1n) is 11.4. The largest absolute Gasteiger partial charge is 0.508 e. The van der Waals surface area contributed by atoms with Gasteiger partial charge in [-0.25, -0.2) is 0 Å². The topological polar surface area (TPSA) is 95.7 Å². The van der Waals surface area contributed by atoms with E-state index in [4.69, 9.17) is 5.73 Å². The van der Waals surface area contributed by atoms with Crippen LogP contribution < -0.4 is 11.1 Å². The van der Waals surface area contributed by atoms with Crippen molar-refractivity contribution in [1.82, 2.24) is 10.2 Å². The smallest absolute Gasteiger partial charge is 0.243 e. The molecule has 3 atom stereocenters. The first-order valence-corrected chi connectivity index (χ1v) is 11.4. The molecular formula is C26H34ClN3O3. The van der Waals surface area contributed by atoms with E-state index in [2.05, 4.69) is 17.4 Å². The predicted octanol–water partition coefficient (Wildman–Crippen LogP) is 3.63. The summed E-state index contributed by atoms with van der Waals surface area (Å²) in [6.07, 6.45) is 3.33. The molecule has 4 rings (SSSR count). The Labute approximate surface area is 202 Å². The molecule has 178 valence electrons. The molecule has 1 aliphatic heterocycles. The Kier molecular flexibility index (Phi) is 7.39. The second kappa shape index (κ2) is 9.74. The van der Waals surface area contributed by atoms with Gasteiger partial charge in [-0.3, -0.25) is 9.59 Å². The highest BCUT2D eigenvalue weighted by molar-refractivity contribution is 5.91. The lowest BCUT2D eigenvalue weighted by atomic mass is 9.84. The van der Waals surface area contributed by atoms with Crippen LogP contribution in [0.3, 0.4) is 0 Å². The maximum Gasteiger partial charge on any atom is 0.243 e. The molecule has 0 spiro atoms. The number of hydrogen-bond donors (Lipinski definition) is 3. The van der Waals surface area contributed by atoms with Crippen LogP contribution in [0.1, 0.15) is 61.9 Å². The zero-order valence-electron chi connectivity index (χ0n) is 19.5. The molecule has 6 nitrogen and oxygen atoms in total. The van der Waals surface area contributed by atoms with E-state index >= 15 is 0 Å². The van der Waals surface area contributed by atoms with Crippen LogP contribution in [-0.2, 0) is 29.0 Å². The van der Waals surface area contributed by atoms with Crippen LogP contribution in [0, 0.1) is 5.41 Å². The fraction of sp³-hybridized carbons (Fsp3) is 0.462. The van der Waals surface area contributed by atoms with Gasteiger partial charge in [-0.15, -0.1) is 12.4 Å². The highest BCUT2D eigenvalue weighted by atomic mass is 35.5. The lowest BCUT2D eigenvalue weighted by Crippen LogP contribution is -2.59. The highest BCUT2D eigenvalue weighted by Crippen LogP contribution is 2.32. The molecule has 0 bridgehead atoms. The molecule has 0 unspecified atom stereocenters. The van der Waals surface area contributed by atoms with Gasteiger partial charge in [-0.1, -0.05) is 51.1 Å². The van der Waals surface area contributed by atoms with Gasteiger partial charge in [0.2, 0.25) is 11.8 Å². The number of benzene rings is 2. The number of nitrogens with one attached hydrogen (secondary N) is 1. The Morgan fingerprint density at radius 2 is 1.85 bits per heavy atom.